The van der Waals surface area contributed by atoms with Gasteiger partial charge in [-0.2, -0.15) is 0 Å². The topological polar surface area (TPSA) is 66.8 Å². The Labute approximate surface area is 213 Å². The van der Waals surface area contributed by atoms with Crippen LogP contribution in [-0.4, -0.2) is 42.9 Å². The van der Waals surface area contributed by atoms with Gasteiger partial charge in [-0.25, -0.2) is 4.39 Å². The molecular weight excluding hydrogens is 459 g/mol. The number of halogens is 1. The maximum Gasteiger partial charge on any atom is 0.303 e. The first kappa shape index (κ1) is 27.6. The maximum atomic E-state index is 15.9. The van der Waals surface area contributed by atoms with E-state index in [2.05, 4.69) is 47.3 Å². The van der Waals surface area contributed by atoms with E-state index in [9.17, 15) is 15.0 Å². The zero-order valence-electron chi connectivity index (χ0n) is 23.2. The molecule has 4 aliphatic carbocycles. The van der Waals surface area contributed by atoms with E-state index in [-0.39, 0.29) is 35.2 Å². The third-order valence-corrected chi connectivity index (χ3v) is 12.4. The van der Waals surface area contributed by atoms with E-state index < -0.39 is 26.6 Å². The lowest BCUT2D eigenvalue weighted by Crippen LogP contribution is -2.66. The van der Waals surface area contributed by atoms with Gasteiger partial charge in [-0.05, 0) is 111 Å². The minimum absolute atomic E-state index is 0.0657. The number of rotatable bonds is 7. The summed E-state index contributed by atoms with van der Waals surface area (Å²) < 4.78 is 22.9. The molecular formula is C29H51FO4Si. The second-order valence-corrected chi connectivity index (χ2v) is 18.7. The Balaban J connectivity index is 1.73. The van der Waals surface area contributed by atoms with Crippen LogP contribution in [0.1, 0.15) is 85.5 Å². The molecule has 4 saturated carbocycles. The van der Waals surface area contributed by atoms with Crippen molar-refractivity contribution in [2.24, 2.45) is 52.3 Å². The number of carboxylic acids is 1. The van der Waals surface area contributed by atoms with Crippen LogP contribution in [0.25, 0.3) is 0 Å². The molecule has 0 radical (unpaired) electrons. The van der Waals surface area contributed by atoms with Crippen LogP contribution in [0.5, 0.6) is 0 Å². The van der Waals surface area contributed by atoms with Crippen LogP contribution in [0.3, 0.4) is 0 Å². The molecule has 0 heterocycles. The third kappa shape index (κ3) is 4.67. The van der Waals surface area contributed by atoms with E-state index in [1.165, 1.54) is 12.8 Å². The van der Waals surface area contributed by atoms with Crippen molar-refractivity contribution in [1.82, 2.24) is 0 Å². The number of fused-ring (bicyclic) bond motifs is 5. The number of aliphatic hydroxyl groups excluding tert-OH is 1. The second-order valence-electron chi connectivity index (χ2n) is 14.3. The Bertz CT molecular complexity index is 785. The van der Waals surface area contributed by atoms with Crippen LogP contribution in [0.2, 0.25) is 19.6 Å². The summed E-state index contributed by atoms with van der Waals surface area (Å²) in [6.45, 7) is 16.1. The smallest absolute Gasteiger partial charge is 0.303 e. The molecule has 2 N–H and O–H groups in total. The fraction of sp³-hybridized carbons (Fsp3) is 0.966. The first-order valence-electron chi connectivity index (χ1n) is 14.5. The molecule has 12 atom stereocenters. The van der Waals surface area contributed by atoms with Crippen molar-refractivity contribution in [3.63, 3.8) is 0 Å². The van der Waals surface area contributed by atoms with Gasteiger partial charge in [-0.15, -0.1) is 0 Å². The molecule has 35 heavy (non-hydrogen) atoms. The molecule has 0 saturated heterocycles. The van der Waals surface area contributed by atoms with E-state index in [1.807, 2.05) is 0 Å². The number of hydrogen-bond donors (Lipinski definition) is 2. The third-order valence-electron chi connectivity index (χ3n) is 11.4. The number of hydrogen-bond acceptors (Lipinski definition) is 3. The van der Waals surface area contributed by atoms with Crippen molar-refractivity contribution in [2.45, 2.75) is 124 Å². The van der Waals surface area contributed by atoms with Gasteiger partial charge >= 0.3 is 5.97 Å². The zero-order valence-corrected chi connectivity index (χ0v) is 24.2. The fourth-order valence-corrected chi connectivity index (χ4v) is 11.2. The van der Waals surface area contributed by atoms with Gasteiger partial charge in [0.25, 0.3) is 0 Å². The average molecular weight is 511 g/mol. The highest BCUT2D eigenvalue weighted by Crippen LogP contribution is 2.70. The number of alkyl halides is 1. The minimum Gasteiger partial charge on any atom is -0.481 e. The standard InChI is InChI=1S/C29H51FO4Si/c1-8-18-25-26(30)22(31)14-16-29(25,4)21-13-15-28(3)19(17(2)9-12-23(32)33)10-11-20(28)24(21)27(18)34-35(5,6)7/h17-22,24-27,31H,8-16H2,1-7H3,(H,32,33)/t17-,18-,19?,20?,21?,22-,24?,25-,26+,27-,28-,29-/m1/s1. The number of aliphatic hydroxyl groups is 1. The number of aliphatic carboxylic acids is 1. The predicted octanol–water partition coefficient (Wildman–Crippen LogP) is 6.92. The van der Waals surface area contributed by atoms with Gasteiger partial charge in [0.05, 0.1) is 12.2 Å². The minimum atomic E-state index is -1.88. The maximum absolute atomic E-state index is 15.9. The molecule has 6 heteroatoms. The normalized spacial score (nSPS) is 48.5. The van der Waals surface area contributed by atoms with Gasteiger partial charge in [0.15, 0.2) is 8.32 Å². The highest BCUT2D eigenvalue weighted by molar-refractivity contribution is 6.69. The lowest BCUT2D eigenvalue weighted by molar-refractivity contribution is -0.218. The van der Waals surface area contributed by atoms with Gasteiger partial charge in [-0.1, -0.05) is 34.1 Å². The van der Waals surface area contributed by atoms with Crippen molar-refractivity contribution >= 4 is 14.3 Å². The first-order chi connectivity index (χ1) is 16.2. The quantitative estimate of drug-likeness (QED) is 0.365. The molecule has 0 aromatic rings. The molecule has 4 rings (SSSR count). The first-order valence-corrected chi connectivity index (χ1v) is 17.9. The Hall–Kier alpha value is -0.463. The van der Waals surface area contributed by atoms with Gasteiger partial charge in [0.1, 0.15) is 6.17 Å². The number of carboxylic acid groups (broad SMARTS) is 1. The Morgan fingerprint density at radius 3 is 2.31 bits per heavy atom. The average Bonchev–Trinajstić information content (AvgIpc) is 3.12. The van der Waals surface area contributed by atoms with Gasteiger partial charge < -0.3 is 14.6 Å². The van der Waals surface area contributed by atoms with E-state index >= 15 is 4.39 Å². The van der Waals surface area contributed by atoms with Crippen LogP contribution in [0.4, 0.5) is 4.39 Å². The highest BCUT2D eigenvalue weighted by Gasteiger charge is 2.67. The summed E-state index contributed by atoms with van der Waals surface area (Å²) in [7, 11) is -1.88. The van der Waals surface area contributed by atoms with Crippen LogP contribution in [0, 0.1) is 52.3 Å². The molecule has 0 spiro atoms. The Morgan fingerprint density at radius 2 is 1.71 bits per heavy atom. The molecule has 4 fully saturated rings. The summed E-state index contributed by atoms with van der Waals surface area (Å²) in [6.07, 6.45) is 6.08. The summed E-state index contributed by atoms with van der Waals surface area (Å²) in [5.41, 5.74) is 0.114. The molecule has 0 amide bonds. The van der Waals surface area contributed by atoms with E-state index in [0.29, 0.717) is 36.0 Å². The lowest BCUT2D eigenvalue weighted by Gasteiger charge is -2.66. The van der Waals surface area contributed by atoms with Crippen molar-refractivity contribution in [1.29, 1.82) is 0 Å². The van der Waals surface area contributed by atoms with Crippen LogP contribution in [0.15, 0.2) is 0 Å². The lowest BCUT2D eigenvalue weighted by atomic mass is 9.41. The zero-order chi connectivity index (χ0) is 25.9. The summed E-state index contributed by atoms with van der Waals surface area (Å²) in [4.78, 5) is 11.3. The summed E-state index contributed by atoms with van der Waals surface area (Å²) >= 11 is 0. The van der Waals surface area contributed by atoms with Gasteiger partial charge in [-0.3, -0.25) is 4.79 Å². The van der Waals surface area contributed by atoms with E-state index in [0.717, 1.165) is 32.1 Å². The Morgan fingerprint density at radius 1 is 1.09 bits per heavy atom. The highest BCUT2D eigenvalue weighted by atomic mass is 28.4. The fourth-order valence-electron chi connectivity index (χ4n) is 10.0. The van der Waals surface area contributed by atoms with E-state index in [4.69, 9.17) is 4.43 Å². The van der Waals surface area contributed by atoms with Gasteiger partial charge in [0.2, 0.25) is 0 Å². The van der Waals surface area contributed by atoms with Gasteiger partial charge in [0, 0.05) is 12.3 Å². The van der Waals surface area contributed by atoms with Crippen LogP contribution in [-0.2, 0) is 9.22 Å². The molecule has 0 aromatic carbocycles. The van der Waals surface area contributed by atoms with Crippen molar-refractivity contribution in [3.8, 4) is 0 Å². The predicted molar refractivity (Wildman–Crippen MR) is 140 cm³/mol. The summed E-state index contributed by atoms with van der Waals surface area (Å²) in [6, 6.07) is 0. The van der Waals surface area contributed by atoms with E-state index in [1.54, 1.807) is 0 Å². The Kier molecular flexibility index (Phi) is 7.63. The van der Waals surface area contributed by atoms with Crippen molar-refractivity contribution < 1.29 is 23.8 Å². The van der Waals surface area contributed by atoms with Crippen LogP contribution < -0.4 is 0 Å². The summed E-state index contributed by atoms with van der Waals surface area (Å²) in [5.74, 6) is 1.70. The largest absolute Gasteiger partial charge is 0.481 e. The van der Waals surface area contributed by atoms with Crippen molar-refractivity contribution in [2.75, 3.05) is 0 Å². The SMILES string of the molecule is CC[C@@H]1[C@@H]2[C@@H](F)[C@H](O)CC[C@]2(C)C2CC[C@@]3(C)C(CCC3[C@H](C)CCC(=O)O)C2[C@@H]1O[Si](C)(C)C. The molecule has 0 aliphatic heterocycles. The molecule has 0 aromatic heterocycles. The molecule has 202 valence electrons. The molecule has 4 nitrogen and oxygen atoms in total. The molecule has 4 unspecified atom stereocenters. The molecule has 4 aliphatic rings. The van der Waals surface area contributed by atoms with Crippen molar-refractivity contribution in [3.05, 3.63) is 0 Å². The second kappa shape index (κ2) is 9.69. The monoisotopic (exact) mass is 510 g/mol. The van der Waals surface area contributed by atoms with Crippen LogP contribution >= 0.6 is 0 Å². The molecule has 0 bridgehead atoms. The number of carbonyl (C=O) groups is 1. The summed E-state index contributed by atoms with van der Waals surface area (Å²) in [5, 5.41) is 19.9.